The van der Waals surface area contributed by atoms with E-state index in [1.54, 1.807) is 29.6 Å². The molecular weight excluding hydrogens is 246 g/mol. The van der Waals surface area contributed by atoms with Gasteiger partial charge in [-0.3, -0.25) is 10.1 Å². The summed E-state index contributed by atoms with van der Waals surface area (Å²) in [6.07, 6.45) is 1.34. The molecule has 0 spiro atoms. The van der Waals surface area contributed by atoms with Crippen LogP contribution in [0, 0.1) is 56.8 Å². The molecule has 8 nitrogen and oxygen atoms in total. The molecule has 86 valence electrons. The van der Waals surface area contributed by atoms with Gasteiger partial charge in [-0.15, -0.1) is 0 Å². The summed E-state index contributed by atoms with van der Waals surface area (Å²) in [6, 6.07) is 6.24. The zero-order valence-electron chi connectivity index (χ0n) is 9.09. The van der Waals surface area contributed by atoms with E-state index in [2.05, 4.69) is 4.98 Å². The fraction of sp³-hybridized carbons (Fsp3) is 0. The van der Waals surface area contributed by atoms with Gasteiger partial charge in [-0.2, -0.15) is 26.3 Å². The van der Waals surface area contributed by atoms with E-state index in [0.29, 0.717) is 0 Å². The first kappa shape index (κ1) is 13.1. The molecule has 0 saturated heterocycles. The van der Waals surface area contributed by atoms with Gasteiger partial charge in [0.2, 0.25) is 0 Å². The molecule has 1 aromatic rings. The first-order chi connectivity index (χ1) is 9.14. The molecule has 1 amide bonds. The normalized spacial score (nSPS) is 7.95. The second-order valence-electron chi connectivity index (χ2n) is 2.95. The lowest BCUT2D eigenvalue weighted by Crippen LogP contribution is -2.22. The van der Waals surface area contributed by atoms with E-state index in [1.807, 2.05) is 0 Å². The minimum atomic E-state index is -1.05. The highest BCUT2D eigenvalue weighted by Crippen LogP contribution is 2.19. The number of nitrogens with one attached hydrogen (secondary N) is 1. The van der Waals surface area contributed by atoms with Gasteiger partial charge in [-0.1, -0.05) is 0 Å². The van der Waals surface area contributed by atoms with Crippen LogP contribution in [-0.4, -0.2) is 10.9 Å². The summed E-state index contributed by atoms with van der Waals surface area (Å²) in [5.41, 5.74) is -2.33. The number of hydrogen-bond donors (Lipinski definition) is 1. The van der Waals surface area contributed by atoms with Crippen molar-refractivity contribution >= 4 is 5.91 Å². The fourth-order valence-corrected chi connectivity index (χ4v) is 1.31. The lowest BCUT2D eigenvalue weighted by Gasteiger charge is -2.06. The largest absolute Gasteiger partial charge is 0.268 e. The molecule has 1 N–H and O–H groups in total. The summed E-state index contributed by atoms with van der Waals surface area (Å²) >= 11 is 0. The van der Waals surface area contributed by atoms with Crippen molar-refractivity contribution in [3.05, 3.63) is 28.1 Å². The number of pyridine rings is 1. The number of nitrogens with zero attached hydrogens (tertiary/aromatic N) is 6. The van der Waals surface area contributed by atoms with Crippen LogP contribution in [0.5, 0.6) is 0 Å². The van der Waals surface area contributed by atoms with E-state index in [9.17, 15) is 4.79 Å². The van der Waals surface area contributed by atoms with Crippen molar-refractivity contribution in [1.29, 1.82) is 26.3 Å². The molecule has 0 fully saturated rings. The van der Waals surface area contributed by atoms with Crippen LogP contribution in [0.4, 0.5) is 0 Å². The van der Waals surface area contributed by atoms with Crippen molar-refractivity contribution in [1.82, 2.24) is 10.3 Å². The van der Waals surface area contributed by atoms with E-state index in [1.165, 1.54) is 6.19 Å². The zero-order chi connectivity index (χ0) is 14.4. The summed E-state index contributed by atoms with van der Waals surface area (Å²) in [7, 11) is 0. The SMILES string of the molecule is N#CNC(=O)c1c(C#N)c(C#N)nc(C#N)c1C#N. The van der Waals surface area contributed by atoms with Crippen molar-refractivity contribution in [2.75, 3.05) is 0 Å². The van der Waals surface area contributed by atoms with Gasteiger partial charge in [0.15, 0.2) is 17.6 Å². The average molecular weight is 247 g/mol. The molecule has 0 unspecified atom stereocenters. The van der Waals surface area contributed by atoms with Gasteiger partial charge in [-0.25, -0.2) is 4.98 Å². The van der Waals surface area contributed by atoms with Crippen LogP contribution in [-0.2, 0) is 0 Å². The third kappa shape index (κ3) is 2.12. The predicted molar refractivity (Wildman–Crippen MR) is 56.2 cm³/mol. The molecule has 19 heavy (non-hydrogen) atoms. The number of carbonyl (C=O) groups is 1. The monoisotopic (exact) mass is 247 g/mol. The molecule has 0 aliphatic heterocycles. The Bertz CT molecular complexity index is 724. The van der Waals surface area contributed by atoms with Gasteiger partial charge in [0.1, 0.15) is 35.4 Å². The van der Waals surface area contributed by atoms with Crippen LogP contribution >= 0.6 is 0 Å². The van der Waals surface area contributed by atoms with Crippen molar-refractivity contribution in [3.63, 3.8) is 0 Å². The lowest BCUT2D eigenvalue weighted by atomic mass is 9.99. The Morgan fingerprint density at radius 2 is 1.37 bits per heavy atom. The topological polar surface area (TPSA) is 161 Å². The average Bonchev–Trinajstić information content (AvgIpc) is 2.44. The van der Waals surface area contributed by atoms with Crippen LogP contribution in [0.1, 0.15) is 32.9 Å². The Kier molecular flexibility index (Phi) is 3.74. The molecule has 1 heterocycles. The molecule has 0 bridgehead atoms. The highest BCUT2D eigenvalue weighted by molar-refractivity contribution is 6.00. The standard InChI is InChI=1S/C11HN7O/c12-1-6-8(3-14)18-9(4-15)7(2-13)10(6)11(19)17-5-16/h(H,17,19). The maximum atomic E-state index is 11.7. The van der Waals surface area contributed by atoms with Gasteiger partial charge in [-0.05, 0) is 0 Å². The molecule has 0 aromatic carbocycles. The van der Waals surface area contributed by atoms with Gasteiger partial charge in [0, 0.05) is 0 Å². The van der Waals surface area contributed by atoms with Gasteiger partial charge >= 0.3 is 0 Å². The van der Waals surface area contributed by atoms with E-state index >= 15 is 0 Å². The summed E-state index contributed by atoms with van der Waals surface area (Å²) < 4.78 is 0. The van der Waals surface area contributed by atoms with Gasteiger partial charge in [0.05, 0.1) is 5.56 Å². The maximum Gasteiger partial charge on any atom is 0.267 e. The Labute approximate surface area is 107 Å². The quantitative estimate of drug-likeness (QED) is 0.529. The first-order valence-electron chi connectivity index (χ1n) is 4.52. The highest BCUT2D eigenvalue weighted by Gasteiger charge is 2.24. The smallest absolute Gasteiger partial charge is 0.267 e. The first-order valence-corrected chi connectivity index (χ1v) is 4.52. The molecule has 0 aliphatic carbocycles. The van der Waals surface area contributed by atoms with Crippen LogP contribution in [0.3, 0.4) is 0 Å². The van der Waals surface area contributed by atoms with E-state index < -0.39 is 34.0 Å². The van der Waals surface area contributed by atoms with E-state index in [0.717, 1.165) is 0 Å². The van der Waals surface area contributed by atoms with Crippen LogP contribution < -0.4 is 5.32 Å². The molecular formula is C11HN7O. The zero-order valence-corrected chi connectivity index (χ0v) is 9.09. The van der Waals surface area contributed by atoms with Crippen LogP contribution in [0.2, 0.25) is 0 Å². The Morgan fingerprint density at radius 1 is 0.895 bits per heavy atom. The molecule has 0 radical (unpaired) electrons. The Morgan fingerprint density at radius 3 is 1.68 bits per heavy atom. The Balaban J connectivity index is 3.88. The number of amides is 1. The number of hydrogen-bond acceptors (Lipinski definition) is 7. The minimum Gasteiger partial charge on any atom is -0.268 e. The summed E-state index contributed by atoms with van der Waals surface area (Å²) in [5.74, 6) is -1.05. The van der Waals surface area contributed by atoms with Crippen molar-refractivity contribution in [3.8, 4) is 30.5 Å². The maximum absolute atomic E-state index is 11.7. The molecule has 0 atom stereocenters. The Hall–Kier alpha value is -3.93. The summed E-state index contributed by atoms with van der Waals surface area (Å²) in [5, 5.41) is 45.6. The summed E-state index contributed by atoms with van der Waals surface area (Å²) in [4.78, 5) is 15.2. The van der Waals surface area contributed by atoms with Crippen LogP contribution in [0.25, 0.3) is 0 Å². The molecule has 0 aliphatic rings. The minimum absolute atomic E-state index is 0.453. The number of carbonyl (C=O) groups excluding carboxylic acids is 1. The second kappa shape index (κ2) is 5.41. The molecule has 1 aromatic heterocycles. The van der Waals surface area contributed by atoms with Gasteiger partial charge in [0.25, 0.3) is 5.91 Å². The van der Waals surface area contributed by atoms with Crippen LogP contribution in [0.15, 0.2) is 0 Å². The number of nitriles is 5. The third-order valence-electron chi connectivity index (χ3n) is 2.03. The molecule has 0 saturated carbocycles. The molecule has 1 rings (SSSR count). The van der Waals surface area contributed by atoms with Crippen molar-refractivity contribution in [2.45, 2.75) is 0 Å². The van der Waals surface area contributed by atoms with E-state index in [4.69, 9.17) is 26.3 Å². The number of aromatic nitrogens is 1. The van der Waals surface area contributed by atoms with Gasteiger partial charge < -0.3 is 0 Å². The lowest BCUT2D eigenvalue weighted by molar-refractivity contribution is 0.0972. The second-order valence-corrected chi connectivity index (χ2v) is 2.95. The van der Waals surface area contributed by atoms with Crippen molar-refractivity contribution < 1.29 is 4.79 Å². The van der Waals surface area contributed by atoms with E-state index in [-0.39, 0.29) is 0 Å². The summed E-state index contributed by atoms with van der Waals surface area (Å²) in [6.45, 7) is 0. The number of rotatable bonds is 1. The predicted octanol–water partition coefficient (Wildman–Crippen LogP) is -0.221. The fourth-order valence-electron chi connectivity index (χ4n) is 1.31. The highest BCUT2D eigenvalue weighted by atomic mass is 16.1. The van der Waals surface area contributed by atoms with Crippen molar-refractivity contribution in [2.24, 2.45) is 0 Å². The molecule has 8 heteroatoms. The third-order valence-corrected chi connectivity index (χ3v) is 2.03.